The number of amides is 2. The van der Waals surface area contributed by atoms with Crippen LogP contribution in [0.3, 0.4) is 0 Å². The van der Waals surface area contributed by atoms with Gasteiger partial charge in [-0.15, -0.1) is 0 Å². The van der Waals surface area contributed by atoms with Crippen LogP contribution in [0.2, 0.25) is 0 Å². The Morgan fingerprint density at radius 2 is 1.48 bits per heavy atom. The highest BCUT2D eigenvalue weighted by atomic mass is 16.4. The van der Waals surface area contributed by atoms with Gasteiger partial charge in [0.05, 0.1) is 0 Å². The molecule has 6 heteroatoms. The van der Waals surface area contributed by atoms with Crippen LogP contribution >= 0.6 is 0 Å². The van der Waals surface area contributed by atoms with Crippen LogP contribution in [0.1, 0.15) is 29.8 Å². The Balaban J connectivity index is 2.29. The van der Waals surface area contributed by atoms with E-state index >= 15 is 0 Å². The molecule has 2 aromatic carbocycles. The number of carbonyl (C=O) groups excluding carboxylic acids is 2. The summed E-state index contributed by atoms with van der Waals surface area (Å²) in [6, 6.07) is 16.4. The molecule has 27 heavy (non-hydrogen) atoms. The third-order valence-corrected chi connectivity index (χ3v) is 3.86. The maximum atomic E-state index is 12.7. The van der Waals surface area contributed by atoms with E-state index < -0.39 is 23.8 Å². The topological polar surface area (TPSA) is 95.5 Å². The predicted octanol–water partition coefficient (Wildman–Crippen LogP) is 2.68. The Kier molecular flexibility index (Phi) is 6.88. The number of aliphatic carboxylic acids is 1. The number of hydrogen-bond donors (Lipinski definition) is 3. The van der Waals surface area contributed by atoms with Crippen LogP contribution in [-0.4, -0.2) is 28.9 Å². The van der Waals surface area contributed by atoms with Crippen molar-refractivity contribution in [3.05, 3.63) is 77.5 Å². The van der Waals surface area contributed by atoms with Crippen molar-refractivity contribution >= 4 is 23.9 Å². The molecule has 0 unspecified atom stereocenters. The fourth-order valence-corrected chi connectivity index (χ4v) is 2.39. The minimum Gasteiger partial charge on any atom is -0.480 e. The zero-order chi connectivity index (χ0) is 19.8. The molecule has 0 saturated carbocycles. The molecule has 0 heterocycles. The Hall–Kier alpha value is -3.41. The van der Waals surface area contributed by atoms with Crippen LogP contribution in [0.5, 0.6) is 0 Å². The van der Waals surface area contributed by atoms with Crippen molar-refractivity contribution in [1.29, 1.82) is 0 Å². The van der Waals surface area contributed by atoms with Crippen molar-refractivity contribution in [2.45, 2.75) is 19.9 Å². The van der Waals surface area contributed by atoms with Crippen LogP contribution in [0, 0.1) is 5.92 Å². The first-order chi connectivity index (χ1) is 12.9. The third kappa shape index (κ3) is 5.81. The summed E-state index contributed by atoms with van der Waals surface area (Å²) in [4.78, 5) is 36.5. The number of hydrogen-bond acceptors (Lipinski definition) is 3. The van der Waals surface area contributed by atoms with E-state index in [1.165, 1.54) is 6.08 Å². The van der Waals surface area contributed by atoms with Crippen molar-refractivity contribution < 1.29 is 19.5 Å². The van der Waals surface area contributed by atoms with Gasteiger partial charge in [0, 0.05) is 5.56 Å². The molecule has 0 aliphatic carbocycles. The first-order valence-electron chi connectivity index (χ1n) is 8.55. The normalized spacial score (nSPS) is 12.3. The zero-order valence-corrected chi connectivity index (χ0v) is 15.2. The number of carboxylic acids is 1. The quantitative estimate of drug-likeness (QED) is 0.657. The molecule has 140 valence electrons. The van der Waals surface area contributed by atoms with Gasteiger partial charge in [-0.1, -0.05) is 62.4 Å². The zero-order valence-electron chi connectivity index (χ0n) is 15.2. The van der Waals surface area contributed by atoms with Crippen molar-refractivity contribution in [1.82, 2.24) is 10.6 Å². The maximum Gasteiger partial charge on any atom is 0.326 e. The summed E-state index contributed by atoms with van der Waals surface area (Å²) in [7, 11) is 0. The summed E-state index contributed by atoms with van der Waals surface area (Å²) in [6.07, 6.45) is 1.51. The highest BCUT2D eigenvalue weighted by Gasteiger charge is 2.25. The van der Waals surface area contributed by atoms with Crippen molar-refractivity contribution in [3.8, 4) is 0 Å². The molecule has 2 rings (SSSR count). The van der Waals surface area contributed by atoms with Crippen molar-refractivity contribution in [2.24, 2.45) is 5.92 Å². The molecule has 0 radical (unpaired) electrons. The summed E-state index contributed by atoms with van der Waals surface area (Å²) in [5, 5.41) is 14.4. The molecule has 0 aromatic heterocycles. The molecular weight excluding hydrogens is 344 g/mol. The fraction of sp³-hybridized carbons (Fsp3) is 0.190. The molecule has 0 fully saturated rings. The molecule has 0 bridgehead atoms. The van der Waals surface area contributed by atoms with Crippen molar-refractivity contribution in [3.63, 3.8) is 0 Å². The lowest BCUT2D eigenvalue weighted by molar-refractivity contribution is -0.142. The highest BCUT2D eigenvalue weighted by molar-refractivity contribution is 6.06. The summed E-state index contributed by atoms with van der Waals surface area (Å²) in [5.41, 5.74) is 1.07. The van der Waals surface area contributed by atoms with Crippen LogP contribution in [-0.2, 0) is 9.59 Å². The van der Waals surface area contributed by atoms with Gasteiger partial charge in [-0.2, -0.15) is 0 Å². The van der Waals surface area contributed by atoms with Crippen molar-refractivity contribution in [2.75, 3.05) is 0 Å². The SMILES string of the molecule is CC(C)[C@@H](NC(=O)/C(=C\c1ccccc1)NC(=O)c1ccccc1)C(=O)O. The van der Waals surface area contributed by atoms with E-state index in [2.05, 4.69) is 10.6 Å². The predicted molar refractivity (Wildman–Crippen MR) is 103 cm³/mol. The van der Waals surface area contributed by atoms with Crippen LogP contribution in [0.25, 0.3) is 6.08 Å². The van der Waals surface area contributed by atoms with E-state index in [-0.39, 0.29) is 11.6 Å². The molecular formula is C21H22N2O4. The molecule has 0 saturated heterocycles. The number of carboxylic acid groups (broad SMARTS) is 1. The monoisotopic (exact) mass is 366 g/mol. The van der Waals surface area contributed by atoms with Gasteiger partial charge in [-0.25, -0.2) is 4.79 Å². The Morgan fingerprint density at radius 3 is 2.00 bits per heavy atom. The lowest BCUT2D eigenvalue weighted by Crippen LogP contribution is -2.47. The van der Waals surface area contributed by atoms with E-state index in [9.17, 15) is 19.5 Å². The summed E-state index contributed by atoms with van der Waals surface area (Å²) in [5.74, 6) is -2.56. The van der Waals surface area contributed by atoms with Crippen LogP contribution in [0.15, 0.2) is 66.4 Å². The molecule has 0 aliphatic heterocycles. The maximum absolute atomic E-state index is 12.7. The lowest BCUT2D eigenvalue weighted by atomic mass is 10.0. The second kappa shape index (κ2) is 9.33. The standard InChI is InChI=1S/C21H22N2O4/c1-14(2)18(21(26)27)23-20(25)17(13-15-9-5-3-6-10-15)22-19(24)16-11-7-4-8-12-16/h3-14,18H,1-2H3,(H,22,24)(H,23,25)(H,26,27)/b17-13+/t18-/m1/s1. The van der Waals surface area contributed by atoms with Gasteiger partial charge in [0.2, 0.25) is 0 Å². The summed E-state index contributed by atoms with van der Waals surface area (Å²) < 4.78 is 0. The second-order valence-corrected chi connectivity index (χ2v) is 6.32. The third-order valence-electron chi connectivity index (χ3n) is 3.86. The van der Waals surface area contributed by atoms with Gasteiger partial charge >= 0.3 is 5.97 Å². The molecule has 2 aromatic rings. The number of nitrogens with one attached hydrogen (secondary N) is 2. The van der Waals surface area contributed by atoms with Crippen LogP contribution in [0.4, 0.5) is 0 Å². The van der Waals surface area contributed by atoms with Gasteiger partial charge < -0.3 is 15.7 Å². The van der Waals surface area contributed by atoms with E-state index in [4.69, 9.17) is 0 Å². The van der Waals surface area contributed by atoms with Crippen LogP contribution < -0.4 is 10.6 Å². The first-order valence-corrected chi connectivity index (χ1v) is 8.55. The van der Waals surface area contributed by atoms with Gasteiger partial charge in [0.25, 0.3) is 11.8 Å². The fourth-order valence-electron chi connectivity index (χ4n) is 2.39. The van der Waals surface area contributed by atoms with E-state index in [0.717, 1.165) is 0 Å². The van der Waals surface area contributed by atoms with E-state index in [1.807, 2.05) is 6.07 Å². The Morgan fingerprint density at radius 1 is 0.926 bits per heavy atom. The molecule has 3 N–H and O–H groups in total. The molecule has 2 amide bonds. The minimum atomic E-state index is -1.13. The average molecular weight is 366 g/mol. The van der Waals surface area contributed by atoms with Gasteiger partial charge in [-0.05, 0) is 29.7 Å². The molecule has 6 nitrogen and oxygen atoms in total. The number of carbonyl (C=O) groups is 3. The minimum absolute atomic E-state index is 0.0260. The molecule has 0 spiro atoms. The Bertz CT molecular complexity index is 830. The summed E-state index contributed by atoms with van der Waals surface area (Å²) in [6.45, 7) is 3.39. The number of benzene rings is 2. The molecule has 0 aliphatic rings. The second-order valence-electron chi connectivity index (χ2n) is 6.32. The largest absolute Gasteiger partial charge is 0.480 e. The lowest BCUT2D eigenvalue weighted by Gasteiger charge is -2.19. The highest BCUT2D eigenvalue weighted by Crippen LogP contribution is 2.09. The van der Waals surface area contributed by atoms with E-state index in [0.29, 0.717) is 11.1 Å². The first kappa shape index (κ1) is 19.9. The van der Waals surface area contributed by atoms with Gasteiger partial charge in [0.15, 0.2) is 0 Å². The number of rotatable bonds is 7. The average Bonchev–Trinajstić information content (AvgIpc) is 2.66. The summed E-state index contributed by atoms with van der Waals surface area (Å²) >= 11 is 0. The van der Waals surface area contributed by atoms with Gasteiger partial charge in [0.1, 0.15) is 11.7 Å². The molecule has 1 atom stereocenters. The smallest absolute Gasteiger partial charge is 0.326 e. The van der Waals surface area contributed by atoms with Gasteiger partial charge in [-0.3, -0.25) is 9.59 Å². The Labute approximate surface area is 157 Å². The van der Waals surface area contributed by atoms with E-state index in [1.54, 1.807) is 68.4 Å².